The molecule has 0 amide bonds. The summed E-state index contributed by atoms with van der Waals surface area (Å²) in [4.78, 5) is 21.4. The number of hydrogen-bond acceptors (Lipinski definition) is 6. The third-order valence-electron chi connectivity index (χ3n) is 5.19. The van der Waals surface area contributed by atoms with Crippen molar-refractivity contribution < 1.29 is 13.9 Å². The lowest BCUT2D eigenvalue weighted by Gasteiger charge is -2.14. The van der Waals surface area contributed by atoms with Crippen LogP contribution in [0.15, 0.2) is 71.7 Å². The Morgan fingerprint density at radius 2 is 1.88 bits per heavy atom. The van der Waals surface area contributed by atoms with Crippen LogP contribution in [-0.4, -0.2) is 36.3 Å². The van der Waals surface area contributed by atoms with Gasteiger partial charge in [0.05, 0.1) is 10.2 Å². The zero-order valence-corrected chi connectivity index (χ0v) is 19.2. The molecule has 168 valence electrons. The van der Waals surface area contributed by atoms with E-state index < -0.39 is 5.82 Å². The maximum Gasteiger partial charge on any atom is 0.200 e. The fraction of sp³-hybridized carbons (Fsp3) is 0.160. The molecule has 0 saturated carbocycles. The minimum absolute atomic E-state index is 0. The van der Waals surface area contributed by atoms with Crippen LogP contribution in [0.1, 0.15) is 22.3 Å². The number of thiazole rings is 1. The SMILES string of the molecule is Cl.O=C(COc1ccc(-c2nc3ccc(C4=NCCCN4)cc3s2)cc1F)c1ccccc1. The highest BCUT2D eigenvalue weighted by Gasteiger charge is 2.14. The quantitative estimate of drug-likeness (QED) is 0.368. The normalized spacial score (nSPS) is 13.1. The van der Waals surface area contributed by atoms with Crippen molar-refractivity contribution in [3.05, 3.63) is 83.7 Å². The van der Waals surface area contributed by atoms with Crippen LogP contribution in [0.4, 0.5) is 4.39 Å². The molecule has 1 aliphatic heterocycles. The van der Waals surface area contributed by atoms with Gasteiger partial charge in [-0.2, -0.15) is 0 Å². The van der Waals surface area contributed by atoms with Crippen LogP contribution in [0.2, 0.25) is 0 Å². The van der Waals surface area contributed by atoms with Crippen molar-refractivity contribution in [2.45, 2.75) is 6.42 Å². The first-order chi connectivity index (χ1) is 15.7. The van der Waals surface area contributed by atoms with Gasteiger partial charge in [-0.05, 0) is 42.8 Å². The van der Waals surface area contributed by atoms with Gasteiger partial charge in [0, 0.05) is 29.8 Å². The molecular weight excluding hydrogens is 461 g/mol. The molecule has 1 N–H and O–H groups in total. The molecule has 0 fully saturated rings. The summed E-state index contributed by atoms with van der Waals surface area (Å²) in [6.07, 6.45) is 1.04. The maximum atomic E-state index is 14.7. The summed E-state index contributed by atoms with van der Waals surface area (Å²) in [5.41, 5.74) is 3.10. The van der Waals surface area contributed by atoms with Gasteiger partial charge in [0.15, 0.2) is 24.0 Å². The number of nitrogens with zero attached hydrogens (tertiary/aromatic N) is 2. The Morgan fingerprint density at radius 1 is 1.06 bits per heavy atom. The van der Waals surface area contributed by atoms with E-state index >= 15 is 0 Å². The molecule has 2 heterocycles. The smallest absolute Gasteiger partial charge is 0.200 e. The second-order valence-electron chi connectivity index (χ2n) is 7.44. The Balaban J connectivity index is 0.00000259. The van der Waals surface area contributed by atoms with Crippen molar-refractivity contribution in [2.24, 2.45) is 4.99 Å². The zero-order valence-electron chi connectivity index (χ0n) is 17.6. The second-order valence-corrected chi connectivity index (χ2v) is 8.47. The van der Waals surface area contributed by atoms with Gasteiger partial charge in [-0.3, -0.25) is 9.79 Å². The fourth-order valence-electron chi connectivity index (χ4n) is 3.52. The van der Waals surface area contributed by atoms with Gasteiger partial charge in [0.1, 0.15) is 10.8 Å². The maximum absolute atomic E-state index is 14.7. The van der Waals surface area contributed by atoms with E-state index in [4.69, 9.17) is 4.74 Å². The molecule has 0 aliphatic carbocycles. The molecular formula is C25H21ClFN3O2S. The van der Waals surface area contributed by atoms with Gasteiger partial charge in [0.25, 0.3) is 0 Å². The highest BCUT2D eigenvalue weighted by Crippen LogP contribution is 2.33. The number of aromatic nitrogens is 1. The Labute approximate surface area is 200 Å². The number of benzene rings is 3. The van der Waals surface area contributed by atoms with Crippen molar-refractivity contribution in [1.29, 1.82) is 0 Å². The molecule has 0 saturated heterocycles. The van der Waals surface area contributed by atoms with E-state index in [1.165, 1.54) is 17.4 Å². The van der Waals surface area contributed by atoms with Crippen LogP contribution in [0.5, 0.6) is 5.75 Å². The van der Waals surface area contributed by atoms with E-state index in [1.54, 1.807) is 36.4 Å². The second kappa shape index (κ2) is 10.1. The topological polar surface area (TPSA) is 63.6 Å². The Bertz CT molecular complexity index is 1320. The lowest BCUT2D eigenvalue weighted by atomic mass is 10.1. The van der Waals surface area contributed by atoms with E-state index in [0.29, 0.717) is 11.1 Å². The van der Waals surface area contributed by atoms with Crippen molar-refractivity contribution in [3.63, 3.8) is 0 Å². The Kier molecular flexibility index (Phi) is 7.01. The van der Waals surface area contributed by atoms with E-state index in [2.05, 4.69) is 21.4 Å². The highest BCUT2D eigenvalue weighted by atomic mass is 35.5. The number of ketones is 1. The molecule has 0 spiro atoms. The summed E-state index contributed by atoms with van der Waals surface area (Å²) in [6, 6.07) is 19.5. The predicted octanol–water partition coefficient (Wildman–Crippen LogP) is 5.53. The van der Waals surface area contributed by atoms with Crippen molar-refractivity contribution >= 4 is 45.6 Å². The number of carbonyl (C=O) groups excluding carboxylic acids is 1. The molecule has 5 rings (SSSR count). The van der Waals surface area contributed by atoms with Gasteiger partial charge < -0.3 is 10.1 Å². The summed E-state index contributed by atoms with van der Waals surface area (Å²) in [5, 5.41) is 4.05. The predicted molar refractivity (Wildman–Crippen MR) is 133 cm³/mol. The lowest BCUT2D eigenvalue weighted by Crippen LogP contribution is -2.30. The number of amidine groups is 1. The molecule has 4 aromatic rings. The van der Waals surface area contributed by atoms with E-state index in [9.17, 15) is 9.18 Å². The van der Waals surface area contributed by atoms with Gasteiger partial charge in [-0.15, -0.1) is 23.7 Å². The van der Waals surface area contributed by atoms with Gasteiger partial charge >= 0.3 is 0 Å². The standard InChI is InChI=1S/C25H20FN3O2S.ClH/c26-19-13-18(8-10-22(19)31-15-21(30)16-5-2-1-3-6-16)25-29-20-9-7-17(14-23(20)32-25)24-27-11-4-12-28-24;/h1-3,5-10,13-14H,4,11-12,15H2,(H,27,28);1H. The number of Topliss-reactive ketones (excluding diaryl/α,β-unsaturated/α-hetero) is 1. The third kappa shape index (κ3) is 5.05. The number of aliphatic imine (C=N–C) groups is 1. The molecule has 1 aliphatic rings. The van der Waals surface area contributed by atoms with Gasteiger partial charge in [-0.25, -0.2) is 9.37 Å². The van der Waals surface area contributed by atoms with E-state index in [0.717, 1.165) is 46.1 Å². The summed E-state index contributed by atoms with van der Waals surface area (Å²) in [6.45, 7) is 1.54. The fourth-order valence-corrected chi connectivity index (χ4v) is 4.52. The average Bonchev–Trinajstić information content (AvgIpc) is 3.27. The monoisotopic (exact) mass is 481 g/mol. The Hall–Kier alpha value is -3.29. The van der Waals surface area contributed by atoms with Crippen molar-refractivity contribution in [2.75, 3.05) is 19.7 Å². The van der Waals surface area contributed by atoms with Crippen LogP contribution in [-0.2, 0) is 0 Å². The van der Waals surface area contributed by atoms with Crippen LogP contribution in [0.3, 0.4) is 0 Å². The molecule has 3 aromatic carbocycles. The first-order valence-electron chi connectivity index (χ1n) is 10.4. The number of carbonyl (C=O) groups is 1. The molecule has 1 aromatic heterocycles. The third-order valence-corrected chi connectivity index (χ3v) is 6.26. The van der Waals surface area contributed by atoms with Gasteiger partial charge in [0.2, 0.25) is 0 Å². The summed E-state index contributed by atoms with van der Waals surface area (Å²) in [5.74, 6) is 0.227. The minimum atomic E-state index is -0.524. The number of halogens is 2. The molecule has 0 unspecified atom stereocenters. The van der Waals surface area contributed by atoms with Crippen molar-refractivity contribution in [1.82, 2.24) is 10.3 Å². The average molecular weight is 482 g/mol. The van der Waals surface area contributed by atoms with Crippen LogP contribution in [0, 0.1) is 5.82 Å². The van der Waals surface area contributed by atoms with E-state index in [-0.39, 0.29) is 30.5 Å². The molecule has 8 heteroatoms. The molecule has 0 atom stereocenters. The Morgan fingerprint density at radius 3 is 2.64 bits per heavy atom. The highest BCUT2D eigenvalue weighted by molar-refractivity contribution is 7.21. The summed E-state index contributed by atoms with van der Waals surface area (Å²) in [7, 11) is 0. The van der Waals surface area contributed by atoms with E-state index in [1.807, 2.05) is 18.2 Å². The number of ether oxygens (including phenoxy) is 1. The largest absolute Gasteiger partial charge is 0.482 e. The number of rotatable bonds is 6. The first-order valence-corrected chi connectivity index (χ1v) is 11.2. The number of nitrogens with one attached hydrogen (secondary N) is 1. The first kappa shape index (κ1) is 22.9. The number of hydrogen-bond donors (Lipinski definition) is 1. The van der Waals surface area contributed by atoms with Crippen LogP contribution in [0.25, 0.3) is 20.8 Å². The molecule has 5 nitrogen and oxygen atoms in total. The molecule has 33 heavy (non-hydrogen) atoms. The molecule has 0 bridgehead atoms. The van der Waals surface area contributed by atoms with Gasteiger partial charge in [-0.1, -0.05) is 30.3 Å². The summed E-state index contributed by atoms with van der Waals surface area (Å²) >= 11 is 1.50. The van der Waals surface area contributed by atoms with Crippen LogP contribution >= 0.6 is 23.7 Å². The summed E-state index contributed by atoms with van der Waals surface area (Å²) < 4.78 is 21.1. The lowest BCUT2D eigenvalue weighted by molar-refractivity contribution is 0.0919. The minimum Gasteiger partial charge on any atom is -0.482 e. The molecule has 0 radical (unpaired) electrons. The zero-order chi connectivity index (χ0) is 21.9. The number of fused-ring (bicyclic) bond motifs is 1. The van der Waals surface area contributed by atoms with Crippen molar-refractivity contribution in [3.8, 4) is 16.3 Å². The van der Waals surface area contributed by atoms with Crippen LogP contribution < -0.4 is 10.1 Å².